The van der Waals surface area contributed by atoms with Crippen LogP contribution >= 0.6 is 0 Å². The number of benzene rings is 2. The van der Waals surface area contributed by atoms with E-state index in [0.717, 1.165) is 45.2 Å². The minimum absolute atomic E-state index is 0.0739. The molecule has 2 heterocycles. The van der Waals surface area contributed by atoms with Crippen molar-refractivity contribution < 1.29 is 23.5 Å². The minimum Gasteiger partial charge on any atom is -0.497 e. The molecular weight excluding hydrogens is 435 g/mol. The largest absolute Gasteiger partial charge is 0.497 e. The van der Waals surface area contributed by atoms with E-state index < -0.39 is 5.41 Å². The molecule has 0 bridgehead atoms. The van der Waals surface area contributed by atoms with E-state index in [1.54, 1.807) is 37.4 Å². The van der Waals surface area contributed by atoms with Gasteiger partial charge in [-0.25, -0.2) is 4.39 Å². The molecule has 2 saturated heterocycles. The number of methoxy groups -OCH3 is 1. The number of piperidine rings is 2. The van der Waals surface area contributed by atoms with Crippen molar-refractivity contribution in [1.29, 1.82) is 0 Å². The molecule has 2 aliphatic rings. The lowest BCUT2D eigenvalue weighted by molar-refractivity contribution is -0.136. The number of rotatable bonds is 7. The van der Waals surface area contributed by atoms with Crippen LogP contribution in [-0.2, 0) is 4.79 Å². The Kier molecular flexibility index (Phi) is 7.70. The van der Waals surface area contributed by atoms with E-state index in [9.17, 15) is 14.0 Å². The Morgan fingerprint density at radius 2 is 1.68 bits per heavy atom. The van der Waals surface area contributed by atoms with E-state index in [4.69, 9.17) is 9.47 Å². The van der Waals surface area contributed by atoms with E-state index in [-0.39, 0.29) is 17.6 Å². The first-order valence-corrected chi connectivity index (χ1v) is 12.1. The quantitative estimate of drug-likeness (QED) is 0.599. The van der Waals surface area contributed by atoms with Gasteiger partial charge in [-0.05, 0) is 74.6 Å². The molecule has 182 valence electrons. The van der Waals surface area contributed by atoms with Gasteiger partial charge in [0.05, 0.1) is 13.7 Å². The summed E-state index contributed by atoms with van der Waals surface area (Å²) >= 11 is 0. The second kappa shape index (κ2) is 10.9. The first-order chi connectivity index (χ1) is 16.5. The van der Waals surface area contributed by atoms with Crippen molar-refractivity contribution in [2.24, 2.45) is 5.41 Å². The number of carbonyl (C=O) groups is 2. The van der Waals surface area contributed by atoms with Gasteiger partial charge < -0.3 is 19.3 Å². The molecule has 0 saturated carbocycles. The fourth-order valence-electron chi connectivity index (χ4n) is 4.98. The van der Waals surface area contributed by atoms with Crippen molar-refractivity contribution in [3.05, 3.63) is 59.9 Å². The molecule has 0 unspecified atom stereocenters. The van der Waals surface area contributed by atoms with Crippen LogP contribution in [0.1, 0.15) is 48.9 Å². The van der Waals surface area contributed by atoms with E-state index in [1.165, 1.54) is 12.1 Å². The maximum atomic E-state index is 13.3. The van der Waals surface area contributed by atoms with Crippen molar-refractivity contribution in [2.75, 3.05) is 39.9 Å². The number of likely N-dealkylation sites (tertiary alicyclic amines) is 2. The third-order valence-corrected chi connectivity index (χ3v) is 6.86. The first-order valence-electron chi connectivity index (χ1n) is 12.1. The van der Waals surface area contributed by atoms with Crippen LogP contribution in [0.3, 0.4) is 0 Å². The van der Waals surface area contributed by atoms with Crippen LogP contribution in [-0.4, -0.2) is 61.5 Å². The Morgan fingerprint density at radius 1 is 0.941 bits per heavy atom. The molecule has 0 aliphatic carbocycles. The minimum atomic E-state index is -0.504. The van der Waals surface area contributed by atoms with Gasteiger partial charge in [-0.1, -0.05) is 6.07 Å². The zero-order valence-corrected chi connectivity index (χ0v) is 19.8. The standard InChI is InChI=1S/C27H33FN2O4/c1-33-24-8-5-7-21(17-24)26(32)30-16-6-13-27(19-30,18-25(31)29-14-3-2-4-15-29)20-34-23-11-9-22(28)10-12-23/h5,7-12,17H,2-4,6,13-16,18-20H2,1H3/t27-/m0/s1. The number of carbonyl (C=O) groups excluding carboxylic acids is 2. The fraction of sp³-hybridized carbons (Fsp3) is 0.481. The molecule has 2 aliphatic heterocycles. The summed E-state index contributed by atoms with van der Waals surface area (Å²) in [6.07, 6.45) is 5.13. The van der Waals surface area contributed by atoms with Crippen molar-refractivity contribution in [1.82, 2.24) is 9.80 Å². The molecule has 0 aromatic heterocycles. The van der Waals surface area contributed by atoms with Gasteiger partial charge in [0.2, 0.25) is 5.91 Å². The lowest BCUT2D eigenvalue weighted by Crippen LogP contribution is -2.51. The van der Waals surface area contributed by atoms with Crippen LogP contribution in [0.25, 0.3) is 0 Å². The maximum Gasteiger partial charge on any atom is 0.254 e. The summed E-state index contributed by atoms with van der Waals surface area (Å²) in [5.74, 6) is 0.916. The number of nitrogens with zero attached hydrogens (tertiary/aromatic N) is 2. The van der Waals surface area contributed by atoms with Gasteiger partial charge in [-0.15, -0.1) is 0 Å². The van der Waals surface area contributed by atoms with Gasteiger partial charge in [0.25, 0.3) is 5.91 Å². The summed E-state index contributed by atoms with van der Waals surface area (Å²) in [6.45, 7) is 2.94. The van der Waals surface area contributed by atoms with E-state index in [1.807, 2.05) is 15.9 Å². The molecule has 2 amide bonds. The Balaban J connectivity index is 1.53. The van der Waals surface area contributed by atoms with Crippen molar-refractivity contribution in [3.8, 4) is 11.5 Å². The van der Waals surface area contributed by atoms with Gasteiger partial charge >= 0.3 is 0 Å². The van der Waals surface area contributed by atoms with Crippen LogP contribution < -0.4 is 9.47 Å². The Labute approximate surface area is 200 Å². The molecule has 7 heteroatoms. The van der Waals surface area contributed by atoms with E-state index in [0.29, 0.717) is 43.2 Å². The molecule has 0 spiro atoms. The van der Waals surface area contributed by atoms with Gasteiger partial charge in [0.15, 0.2) is 0 Å². The molecule has 2 aromatic rings. The average Bonchev–Trinajstić information content (AvgIpc) is 2.88. The SMILES string of the molecule is COc1cccc(C(=O)N2CCC[C@](COc3ccc(F)cc3)(CC(=O)N3CCCCC3)C2)c1. The topological polar surface area (TPSA) is 59.1 Å². The average molecular weight is 469 g/mol. The summed E-state index contributed by atoms with van der Waals surface area (Å²) in [5.41, 5.74) is 0.0624. The molecule has 1 atom stereocenters. The van der Waals surface area contributed by atoms with Gasteiger partial charge in [0, 0.05) is 43.6 Å². The highest BCUT2D eigenvalue weighted by atomic mass is 19.1. The lowest BCUT2D eigenvalue weighted by Gasteiger charge is -2.43. The third kappa shape index (κ3) is 5.88. The first kappa shape index (κ1) is 24.0. The molecule has 6 nitrogen and oxygen atoms in total. The smallest absolute Gasteiger partial charge is 0.254 e. The molecule has 2 aromatic carbocycles. The summed E-state index contributed by atoms with van der Waals surface area (Å²) in [6, 6.07) is 13.1. The molecule has 0 radical (unpaired) electrons. The number of ether oxygens (including phenoxy) is 2. The number of amides is 2. The molecular formula is C27H33FN2O4. The zero-order chi connectivity index (χ0) is 24.0. The van der Waals surface area contributed by atoms with E-state index >= 15 is 0 Å². The Bertz CT molecular complexity index is 990. The molecule has 0 N–H and O–H groups in total. The summed E-state index contributed by atoms with van der Waals surface area (Å²) in [4.78, 5) is 30.4. The van der Waals surface area contributed by atoms with Crippen LogP contribution in [0.15, 0.2) is 48.5 Å². The highest BCUT2D eigenvalue weighted by molar-refractivity contribution is 5.94. The second-order valence-electron chi connectivity index (χ2n) is 9.42. The highest BCUT2D eigenvalue weighted by Crippen LogP contribution is 2.36. The van der Waals surface area contributed by atoms with Crippen LogP contribution in [0.5, 0.6) is 11.5 Å². The van der Waals surface area contributed by atoms with Crippen molar-refractivity contribution in [3.63, 3.8) is 0 Å². The third-order valence-electron chi connectivity index (χ3n) is 6.86. The summed E-state index contributed by atoms with van der Waals surface area (Å²) in [7, 11) is 1.58. The van der Waals surface area contributed by atoms with Gasteiger partial charge in [-0.2, -0.15) is 0 Å². The number of hydrogen-bond acceptors (Lipinski definition) is 4. The molecule has 34 heavy (non-hydrogen) atoms. The zero-order valence-electron chi connectivity index (χ0n) is 19.8. The molecule has 4 rings (SSSR count). The predicted molar refractivity (Wildman–Crippen MR) is 128 cm³/mol. The van der Waals surface area contributed by atoms with Gasteiger partial charge in [0.1, 0.15) is 17.3 Å². The van der Waals surface area contributed by atoms with E-state index in [2.05, 4.69) is 0 Å². The van der Waals surface area contributed by atoms with Gasteiger partial charge in [-0.3, -0.25) is 9.59 Å². The van der Waals surface area contributed by atoms with Crippen molar-refractivity contribution in [2.45, 2.75) is 38.5 Å². The van der Waals surface area contributed by atoms with Crippen LogP contribution in [0, 0.1) is 11.2 Å². The Hall–Kier alpha value is -3.09. The number of hydrogen-bond donors (Lipinski definition) is 0. The predicted octanol–water partition coefficient (Wildman–Crippen LogP) is 4.54. The second-order valence-corrected chi connectivity index (χ2v) is 9.42. The lowest BCUT2D eigenvalue weighted by atomic mass is 9.77. The summed E-state index contributed by atoms with van der Waals surface area (Å²) < 4.78 is 24.7. The Morgan fingerprint density at radius 3 is 2.41 bits per heavy atom. The monoisotopic (exact) mass is 468 g/mol. The van der Waals surface area contributed by atoms with Crippen LogP contribution in [0.4, 0.5) is 4.39 Å². The fourth-order valence-corrected chi connectivity index (χ4v) is 4.98. The van der Waals surface area contributed by atoms with Crippen molar-refractivity contribution >= 4 is 11.8 Å². The molecule has 2 fully saturated rings. The number of halogens is 1. The van der Waals surface area contributed by atoms with Crippen LogP contribution in [0.2, 0.25) is 0 Å². The normalized spacial score (nSPS) is 20.6. The highest BCUT2D eigenvalue weighted by Gasteiger charge is 2.41. The summed E-state index contributed by atoms with van der Waals surface area (Å²) in [5, 5.41) is 0. The maximum absolute atomic E-state index is 13.3.